The summed E-state index contributed by atoms with van der Waals surface area (Å²) in [6, 6.07) is 19.0. The number of rotatable bonds is 12. The van der Waals surface area contributed by atoms with Crippen molar-refractivity contribution < 1.29 is 26.2 Å². The Morgan fingerprint density at radius 2 is 1.29 bits per heavy atom. The summed E-state index contributed by atoms with van der Waals surface area (Å²) in [4.78, 5) is 2.07. The molecule has 31 heavy (non-hydrogen) atoms. The highest BCUT2D eigenvalue weighted by molar-refractivity contribution is 7.86. The van der Waals surface area contributed by atoms with Gasteiger partial charge in [0.05, 0.1) is 12.3 Å². The van der Waals surface area contributed by atoms with Gasteiger partial charge in [-0.1, -0.05) is 74.5 Å². The maximum absolute atomic E-state index is 13.4. The van der Waals surface area contributed by atoms with Gasteiger partial charge in [0.15, 0.2) is 5.85 Å². The number of hydrogen-bond acceptors (Lipinski definition) is 7. The molecule has 7 nitrogen and oxygen atoms in total. The van der Waals surface area contributed by atoms with Crippen LogP contribution in [0.5, 0.6) is 0 Å². The molecule has 2 aromatic rings. The molecule has 0 heterocycles. The molecule has 0 radical (unpaired) electrons. The van der Waals surface area contributed by atoms with Crippen molar-refractivity contribution >= 4 is 17.7 Å². The van der Waals surface area contributed by atoms with Crippen molar-refractivity contribution in [2.75, 3.05) is 20.5 Å². The van der Waals surface area contributed by atoms with Gasteiger partial charge in [0.25, 0.3) is 10.1 Å². The SMILES string of the molecule is COP(=O)(OC)[C@@H](OS(C)(=O)=O)[C@H](C(C)C)N(Cc1ccccc1)Cc1ccccc1. The smallest absolute Gasteiger partial charge is 0.310 e. The van der Waals surface area contributed by atoms with E-state index < -0.39 is 29.6 Å². The molecule has 0 amide bonds. The van der Waals surface area contributed by atoms with Crippen LogP contribution in [0.25, 0.3) is 0 Å². The molecule has 0 aliphatic carbocycles. The fourth-order valence-corrected chi connectivity index (χ4v) is 6.43. The Morgan fingerprint density at radius 3 is 1.61 bits per heavy atom. The highest BCUT2D eigenvalue weighted by Crippen LogP contribution is 2.55. The zero-order valence-electron chi connectivity index (χ0n) is 18.7. The lowest BCUT2D eigenvalue weighted by Crippen LogP contribution is -2.48. The monoisotopic (exact) mass is 469 g/mol. The largest absolute Gasteiger partial charge is 0.361 e. The van der Waals surface area contributed by atoms with Crippen LogP contribution in [0.3, 0.4) is 0 Å². The first kappa shape index (κ1) is 25.7. The molecule has 172 valence electrons. The van der Waals surface area contributed by atoms with Crippen molar-refractivity contribution in [3.63, 3.8) is 0 Å². The third-order valence-corrected chi connectivity index (χ3v) is 7.70. The van der Waals surface area contributed by atoms with Gasteiger partial charge >= 0.3 is 7.60 Å². The van der Waals surface area contributed by atoms with E-state index in [0.717, 1.165) is 17.4 Å². The second-order valence-electron chi connectivity index (χ2n) is 7.71. The molecule has 0 spiro atoms. The van der Waals surface area contributed by atoms with Gasteiger partial charge in [0.1, 0.15) is 0 Å². The molecule has 2 aromatic carbocycles. The average molecular weight is 470 g/mol. The van der Waals surface area contributed by atoms with Gasteiger partial charge in [-0.25, -0.2) is 0 Å². The molecule has 0 aromatic heterocycles. The fourth-order valence-electron chi connectivity index (χ4n) is 3.59. The lowest BCUT2D eigenvalue weighted by atomic mass is 10.0. The number of nitrogens with zero attached hydrogens (tertiary/aromatic N) is 1. The second kappa shape index (κ2) is 11.4. The molecule has 0 saturated carbocycles. The molecule has 0 N–H and O–H groups in total. The predicted octanol–water partition coefficient (Wildman–Crippen LogP) is 4.50. The summed E-state index contributed by atoms with van der Waals surface area (Å²) < 4.78 is 53.4. The fraction of sp³-hybridized carbons (Fsp3) is 0.455. The van der Waals surface area contributed by atoms with E-state index in [0.29, 0.717) is 13.1 Å². The summed E-state index contributed by atoms with van der Waals surface area (Å²) in [6.45, 7) is 4.86. The summed E-state index contributed by atoms with van der Waals surface area (Å²) in [7, 11) is -5.38. The number of hydrogen-bond donors (Lipinski definition) is 0. The summed E-state index contributed by atoms with van der Waals surface area (Å²) in [5.41, 5.74) is 2.07. The molecule has 0 aliphatic rings. The van der Waals surface area contributed by atoms with Crippen LogP contribution in [0.2, 0.25) is 0 Å². The average Bonchev–Trinajstić information content (AvgIpc) is 2.73. The summed E-state index contributed by atoms with van der Waals surface area (Å²) in [5.74, 6) is -1.46. The lowest BCUT2D eigenvalue weighted by Gasteiger charge is -2.40. The Morgan fingerprint density at radius 1 is 0.871 bits per heavy atom. The first-order valence-corrected chi connectivity index (χ1v) is 13.4. The first-order chi connectivity index (χ1) is 14.6. The lowest BCUT2D eigenvalue weighted by molar-refractivity contribution is 0.0528. The van der Waals surface area contributed by atoms with Crippen molar-refractivity contribution in [1.29, 1.82) is 0 Å². The van der Waals surface area contributed by atoms with Crippen LogP contribution < -0.4 is 0 Å². The Labute approximate surface area is 186 Å². The highest BCUT2D eigenvalue weighted by Gasteiger charge is 2.47. The van der Waals surface area contributed by atoms with Gasteiger partial charge < -0.3 is 9.05 Å². The van der Waals surface area contributed by atoms with E-state index in [1.807, 2.05) is 74.5 Å². The Bertz CT molecular complexity index is 903. The van der Waals surface area contributed by atoms with E-state index in [1.165, 1.54) is 14.2 Å². The van der Waals surface area contributed by atoms with Gasteiger partial charge in [-0.2, -0.15) is 8.42 Å². The molecule has 0 saturated heterocycles. The quantitative estimate of drug-likeness (QED) is 0.334. The van der Waals surface area contributed by atoms with Crippen LogP contribution in [-0.4, -0.2) is 45.7 Å². The zero-order valence-corrected chi connectivity index (χ0v) is 20.4. The van der Waals surface area contributed by atoms with Gasteiger partial charge in [0.2, 0.25) is 0 Å². The Balaban J connectivity index is 2.56. The molecule has 2 atom stereocenters. The van der Waals surface area contributed by atoms with E-state index in [1.54, 1.807) is 0 Å². The molecule has 0 aliphatic heterocycles. The molecular formula is C22H32NO6PS. The van der Waals surface area contributed by atoms with E-state index in [9.17, 15) is 13.0 Å². The number of benzene rings is 2. The summed E-state index contributed by atoms with van der Waals surface area (Å²) in [5, 5.41) is 0. The Kier molecular flexibility index (Phi) is 9.43. The van der Waals surface area contributed by atoms with Crippen molar-refractivity contribution in [2.45, 2.75) is 38.8 Å². The molecule has 0 unspecified atom stereocenters. The van der Waals surface area contributed by atoms with Crippen LogP contribution in [0.4, 0.5) is 0 Å². The molecule has 0 bridgehead atoms. The summed E-state index contributed by atoms with van der Waals surface area (Å²) >= 11 is 0. The van der Waals surface area contributed by atoms with Crippen molar-refractivity contribution in [3.8, 4) is 0 Å². The van der Waals surface area contributed by atoms with E-state index in [-0.39, 0.29) is 5.92 Å². The molecular weight excluding hydrogens is 437 g/mol. The first-order valence-electron chi connectivity index (χ1n) is 10.0. The minimum absolute atomic E-state index is 0.127. The Hall–Kier alpha value is -1.54. The molecule has 2 rings (SSSR count). The van der Waals surface area contributed by atoms with Gasteiger partial charge in [-0.3, -0.25) is 13.6 Å². The van der Waals surface area contributed by atoms with Gasteiger partial charge in [-0.05, 0) is 17.0 Å². The predicted molar refractivity (Wildman–Crippen MR) is 122 cm³/mol. The standard InChI is InChI=1S/C22H32NO6PS/c1-18(2)21(22(29-31(5,25)26)30(24,27-3)28-4)23(16-19-12-8-6-9-13-19)17-20-14-10-7-11-15-20/h6-15,18,21-22H,16-17H2,1-5H3/t21-,22+/m0/s1. The van der Waals surface area contributed by atoms with Crippen molar-refractivity contribution in [2.24, 2.45) is 5.92 Å². The second-order valence-corrected chi connectivity index (χ2v) is 11.6. The van der Waals surface area contributed by atoms with E-state index in [4.69, 9.17) is 13.2 Å². The third-order valence-electron chi connectivity index (χ3n) is 4.95. The van der Waals surface area contributed by atoms with Crippen LogP contribution in [0, 0.1) is 5.92 Å². The topological polar surface area (TPSA) is 82.1 Å². The van der Waals surface area contributed by atoms with E-state index >= 15 is 0 Å². The molecule has 9 heteroatoms. The minimum Gasteiger partial charge on any atom is -0.310 e. The molecule has 0 fully saturated rings. The third kappa shape index (κ3) is 7.52. The van der Waals surface area contributed by atoms with Crippen LogP contribution in [-0.2, 0) is 41.0 Å². The minimum atomic E-state index is -3.94. The maximum Gasteiger partial charge on any atom is 0.361 e. The van der Waals surface area contributed by atoms with Gasteiger partial charge in [0, 0.05) is 27.3 Å². The normalized spacial score (nSPS) is 14.7. The van der Waals surface area contributed by atoms with E-state index in [2.05, 4.69) is 4.90 Å². The van der Waals surface area contributed by atoms with Crippen LogP contribution in [0.15, 0.2) is 60.7 Å². The van der Waals surface area contributed by atoms with Gasteiger partial charge in [-0.15, -0.1) is 0 Å². The zero-order chi connectivity index (χ0) is 23.1. The van der Waals surface area contributed by atoms with Crippen LogP contribution in [0.1, 0.15) is 25.0 Å². The maximum atomic E-state index is 13.4. The highest BCUT2D eigenvalue weighted by atomic mass is 32.2. The van der Waals surface area contributed by atoms with Crippen LogP contribution >= 0.6 is 7.60 Å². The van der Waals surface area contributed by atoms with Crippen molar-refractivity contribution in [1.82, 2.24) is 4.90 Å². The summed E-state index contributed by atoms with van der Waals surface area (Å²) in [6.07, 6.45) is 0.936. The van der Waals surface area contributed by atoms with Crippen molar-refractivity contribution in [3.05, 3.63) is 71.8 Å².